The minimum atomic E-state index is 0.186. The summed E-state index contributed by atoms with van der Waals surface area (Å²) in [6.45, 7) is 9.89. The van der Waals surface area contributed by atoms with Gasteiger partial charge in [0.05, 0.1) is 5.70 Å². The van der Waals surface area contributed by atoms with Crippen molar-refractivity contribution in [1.29, 1.82) is 0 Å². The van der Waals surface area contributed by atoms with Crippen LogP contribution in [0.4, 0.5) is 0 Å². The normalized spacial score (nSPS) is 24.8. The topological polar surface area (TPSA) is 20.3 Å². The van der Waals surface area contributed by atoms with E-state index in [1.54, 1.807) is 0 Å². The van der Waals surface area contributed by atoms with Crippen LogP contribution in [0.2, 0.25) is 0 Å². The van der Waals surface area contributed by atoms with E-state index < -0.39 is 0 Å². The van der Waals surface area contributed by atoms with Crippen molar-refractivity contribution < 1.29 is 4.79 Å². The van der Waals surface area contributed by atoms with Gasteiger partial charge in [0.15, 0.2) is 5.78 Å². The van der Waals surface area contributed by atoms with E-state index in [9.17, 15) is 4.79 Å². The van der Waals surface area contributed by atoms with Crippen molar-refractivity contribution in [2.75, 3.05) is 13.1 Å². The van der Waals surface area contributed by atoms with Crippen LogP contribution in [-0.2, 0) is 4.79 Å². The summed E-state index contributed by atoms with van der Waals surface area (Å²) in [5.41, 5.74) is 0.718. The average Bonchev–Trinajstić information content (AvgIpc) is 2.07. The zero-order chi connectivity index (χ0) is 9.14. The molecule has 0 aliphatic carbocycles. The summed E-state index contributed by atoms with van der Waals surface area (Å²) in [5.74, 6) is 0.417. The summed E-state index contributed by atoms with van der Waals surface area (Å²) in [6.07, 6.45) is 2.07. The molecule has 1 atom stereocenters. The smallest absolute Gasteiger partial charge is 0.181 e. The molecule has 1 heterocycles. The largest absolute Gasteiger partial charge is 0.369 e. The van der Waals surface area contributed by atoms with Gasteiger partial charge in [0, 0.05) is 19.0 Å². The van der Waals surface area contributed by atoms with Gasteiger partial charge in [0.1, 0.15) is 0 Å². The first-order chi connectivity index (χ1) is 5.66. The molecule has 1 rings (SSSR count). The number of nitrogens with zero attached hydrogens (tertiary/aromatic N) is 1. The van der Waals surface area contributed by atoms with Crippen LogP contribution in [0.5, 0.6) is 0 Å². The summed E-state index contributed by atoms with van der Waals surface area (Å²) in [4.78, 5) is 13.6. The Morgan fingerprint density at radius 3 is 2.92 bits per heavy atom. The standard InChI is InChI=1S/C10H17NO/c1-4-6-11-7-5-8(2)10(12)9(11)3/h8H,3-7H2,1-2H3. The van der Waals surface area contributed by atoms with E-state index in [4.69, 9.17) is 0 Å². The van der Waals surface area contributed by atoms with Gasteiger partial charge in [-0.25, -0.2) is 0 Å². The second-order valence-electron chi connectivity index (χ2n) is 3.49. The lowest BCUT2D eigenvalue weighted by molar-refractivity contribution is -0.122. The predicted molar refractivity (Wildman–Crippen MR) is 49.8 cm³/mol. The summed E-state index contributed by atoms with van der Waals surface area (Å²) >= 11 is 0. The molecule has 0 bridgehead atoms. The van der Waals surface area contributed by atoms with Gasteiger partial charge in [-0.1, -0.05) is 20.4 Å². The number of likely N-dealkylation sites (tertiary alicyclic amines) is 1. The van der Waals surface area contributed by atoms with Gasteiger partial charge in [-0.05, 0) is 12.8 Å². The van der Waals surface area contributed by atoms with Crippen LogP contribution >= 0.6 is 0 Å². The Labute approximate surface area is 74.2 Å². The summed E-state index contributed by atoms with van der Waals surface area (Å²) in [5, 5.41) is 0. The maximum atomic E-state index is 11.5. The average molecular weight is 167 g/mol. The number of rotatable bonds is 2. The number of carbonyl (C=O) groups excluding carboxylic acids is 1. The number of allylic oxidation sites excluding steroid dienone is 1. The molecule has 12 heavy (non-hydrogen) atoms. The molecule has 2 nitrogen and oxygen atoms in total. The predicted octanol–water partition coefficient (Wildman–Crippen LogP) is 1.82. The molecule has 0 N–H and O–H groups in total. The Balaban J connectivity index is 2.59. The zero-order valence-corrected chi connectivity index (χ0v) is 7.97. The van der Waals surface area contributed by atoms with Crippen LogP contribution in [0.15, 0.2) is 12.3 Å². The molecule has 2 heteroatoms. The first kappa shape index (κ1) is 9.30. The third-order valence-corrected chi connectivity index (χ3v) is 2.44. The Kier molecular flexibility index (Phi) is 2.90. The van der Waals surface area contributed by atoms with E-state index in [-0.39, 0.29) is 11.7 Å². The first-order valence-electron chi connectivity index (χ1n) is 4.65. The quantitative estimate of drug-likeness (QED) is 0.585. The molecule has 1 saturated heterocycles. The highest BCUT2D eigenvalue weighted by atomic mass is 16.1. The molecule has 1 aliphatic rings. The Morgan fingerprint density at radius 1 is 1.67 bits per heavy atom. The molecule has 0 spiro atoms. The molecule has 1 fully saturated rings. The SMILES string of the molecule is C=C1C(=O)C(C)CCN1CCC. The van der Waals surface area contributed by atoms with Crippen LogP contribution < -0.4 is 0 Å². The van der Waals surface area contributed by atoms with Crippen molar-refractivity contribution in [3.63, 3.8) is 0 Å². The molecular formula is C10H17NO. The highest BCUT2D eigenvalue weighted by Gasteiger charge is 2.25. The third-order valence-electron chi connectivity index (χ3n) is 2.44. The number of hydrogen-bond acceptors (Lipinski definition) is 2. The second kappa shape index (κ2) is 3.74. The summed E-state index contributed by atoms with van der Waals surface area (Å²) in [7, 11) is 0. The minimum absolute atomic E-state index is 0.186. The van der Waals surface area contributed by atoms with Crippen molar-refractivity contribution in [3.05, 3.63) is 12.3 Å². The molecular weight excluding hydrogens is 150 g/mol. The van der Waals surface area contributed by atoms with Gasteiger partial charge in [-0.2, -0.15) is 0 Å². The summed E-state index contributed by atoms with van der Waals surface area (Å²) < 4.78 is 0. The van der Waals surface area contributed by atoms with Gasteiger partial charge < -0.3 is 4.90 Å². The monoisotopic (exact) mass is 167 g/mol. The van der Waals surface area contributed by atoms with E-state index in [0.29, 0.717) is 0 Å². The van der Waals surface area contributed by atoms with E-state index >= 15 is 0 Å². The maximum Gasteiger partial charge on any atom is 0.181 e. The molecule has 1 unspecified atom stereocenters. The second-order valence-corrected chi connectivity index (χ2v) is 3.49. The lowest BCUT2D eigenvalue weighted by Crippen LogP contribution is -2.37. The number of piperidine rings is 1. The molecule has 0 amide bonds. The van der Waals surface area contributed by atoms with Crippen LogP contribution in [0, 0.1) is 5.92 Å². The molecule has 0 aromatic heterocycles. The van der Waals surface area contributed by atoms with E-state index in [1.807, 2.05) is 6.92 Å². The van der Waals surface area contributed by atoms with Crippen LogP contribution in [0.25, 0.3) is 0 Å². The molecule has 0 saturated carbocycles. The molecule has 0 radical (unpaired) electrons. The Morgan fingerprint density at radius 2 is 2.33 bits per heavy atom. The highest BCUT2D eigenvalue weighted by molar-refractivity contribution is 5.96. The van der Waals surface area contributed by atoms with Gasteiger partial charge in [0.25, 0.3) is 0 Å². The third kappa shape index (κ3) is 1.68. The number of carbonyl (C=O) groups is 1. The Hall–Kier alpha value is -0.790. The molecule has 0 aromatic carbocycles. The fourth-order valence-electron chi connectivity index (χ4n) is 1.57. The number of Topliss-reactive ketones (excluding diaryl/α,β-unsaturated/α-hetero) is 1. The maximum absolute atomic E-state index is 11.5. The van der Waals surface area contributed by atoms with E-state index in [1.165, 1.54) is 0 Å². The van der Waals surface area contributed by atoms with Crippen LogP contribution in [0.3, 0.4) is 0 Å². The van der Waals surface area contributed by atoms with Gasteiger partial charge in [-0.3, -0.25) is 4.79 Å². The van der Waals surface area contributed by atoms with E-state index in [0.717, 1.165) is 31.6 Å². The van der Waals surface area contributed by atoms with Gasteiger partial charge in [0.2, 0.25) is 0 Å². The lowest BCUT2D eigenvalue weighted by atomic mass is 9.95. The minimum Gasteiger partial charge on any atom is -0.369 e. The zero-order valence-electron chi connectivity index (χ0n) is 7.97. The molecule has 68 valence electrons. The summed E-state index contributed by atoms with van der Waals surface area (Å²) in [6, 6.07) is 0. The van der Waals surface area contributed by atoms with Gasteiger partial charge >= 0.3 is 0 Å². The van der Waals surface area contributed by atoms with Crippen molar-refractivity contribution in [3.8, 4) is 0 Å². The van der Waals surface area contributed by atoms with Crippen molar-refractivity contribution >= 4 is 5.78 Å². The van der Waals surface area contributed by atoms with Crippen molar-refractivity contribution in [2.45, 2.75) is 26.7 Å². The first-order valence-corrected chi connectivity index (χ1v) is 4.65. The molecule has 1 aliphatic heterocycles. The highest BCUT2D eigenvalue weighted by Crippen LogP contribution is 2.20. The van der Waals surface area contributed by atoms with Gasteiger partial charge in [-0.15, -0.1) is 0 Å². The van der Waals surface area contributed by atoms with Crippen LogP contribution in [0.1, 0.15) is 26.7 Å². The molecule has 0 aromatic rings. The fourth-order valence-corrected chi connectivity index (χ4v) is 1.57. The van der Waals surface area contributed by atoms with Crippen molar-refractivity contribution in [1.82, 2.24) is 4.90 Å². The lowest BCUT2D eigenvalue weighted by Gasteiger charge is -2.32. The van der Waals surface area contributed by atoms with Crippen molar-refractivity contribution in [2.24, 2.45) is 5.92 Å². The number of hydrogen-bond donors (Lipinski definition) is 0. The fraction of sp³-hybridized carbons (Fsp3) is 0.700. The van der Waals surface area contributed by atoms with E-state index in [2.05, 4.69) is 18.4 Å². The Bertz CT molecular complexity index is 198. The number of ketones is 1. The van der Waals surface area contributed by atoms with Crippen LogP contribution in [-0.4, -0.2) is 23.8 Å².